The molecule has 10 nitrogen and oxygen atoms in total. The molecule has 34 heavy (non-hydrogen) atoms. The van der Waals surface area contributed by atoms with Crippen LogP contribution in [0.4, 0.5) is 6.01 Å². The van der Waals surface area contributed by atoms with Crippen LogP contribution in [-0.2, 0) is 10.0 Å². The van der Waals surface area contributed by atoms with Gasteiger partial charge in [-0.25, -0.2) is 8.42 Å². The van der Waals surface area contributed by atoms with E-state index in [0.717, 1.165) is 32.1 Å². The molecule has 178 valence electrons. The first-order valence-electron chi connectivity index (χ1n) is 11.0. The topological polar surface area (TPSA) is 124 Å². The number of sulfonamides is 1. The maximum Gasteiger partial charge on any atom is 0.322 e. The highest BCUT2D eigenvalue weighted by atomic mass is 32.2. The van der Waals surface area contributed by atoms with Crippen LogP contribution in [0.1, 0.15) is 42.5 Å². The predicted molar refractivity (Wildman–Crippen MR) is 122 cm³/mol. The minimum atomic E-state index is -3.63. The summed E-state index contributed by atoms with van der Waals surface area (Å²) in [5.74, 6) is 0.920. The predicted octanol–water partition coefficient (Wildman–Crippen LogP) is 3.67. The van der Waals surface area contributed by atoms with Gasteiger partial charge in [-0.15, -0.1) is 5.10 Å². The Hall–Kier alpha value is -3.44. The summed E-state index contributed by atoms with van der Waals surface area (Å²) in [6.07, 6.45) is 4.96. The number of ether oxygens (including phenoxy) is 2. The van der Waals surface area contributed by atoms with Gasteiger partial charge in [0.25, 0.3) is 5.91 Å². The zero-order valence-corrected chi connectivity index (χ0v) is 19.4. The lowest BCUT2D eigenvalue weighted by molar-refractivity contribution is 0.102. The monoisotopic (exact) mass is 484 g/mol. The normalized spacial score (nSPS) is 16.1. The molecule has 1 amide bonds. The van der Waals surface area contributed by atoms with Crippen LogP contribution in [-0.4, -0.2) is 48.7 Å². The molecule has 1 fully saturated rings. The van der Waals surface area contributed by atoms with E-state index in [-0.39, 0.29) is 35.2 Å². The van der Waals surface area contributed by atoms with E-state index in [9.17, 15) is 13.2 Å². The molecular weight excluding hydrogens is 460 g/mol. The summed E-state index contributed by atoms with van der Waals surface area (Å²) in [7, 11) is -2.01. The fourth-order valence-corrected chi connectivity index (χ4v) is 5.59. The largest absolute Gasteiger partial charge is 0.454 e. The first-order valence-corrected chi connectivity index (χ1v) is 12.5. The van der Waals surface area contributed by atoms with Crippen LogP contribution in [0.2, 0.25) is 0 Å². The molecule has 1 saturated carbocycles. The molecule has 1 aliphatic heterocycles. The summed E-state index contributed by atoms with van der Waals surface area (Å²) in [6, 6.07) is 10.9. The molecule has 0 spiro atoms. The molecule has 0 saturated heterocycles. The molecule has 3 aromatic rings. The quantitative estimate of drug-likeness (QED) is 0.562. The molecule has 5 rings (SSSR count). The van der Waals surface area contributed by atoms with Crippen molar-refractivity contribution in [2.45, 2.75) is 43.0 Å². The average molecular weight is 485 g/mol. The fourth-order valence-electron chi connectivity index (χ4n) is 4.17. The second-order valence-corrected chi connectivity index (χ2v) is 10.3. The van der Waals surface area contributed by atoms with Crippen LogP contribution in [0.5, 0.6) is 11.5 Å². The number of carbonyl (C=O) groups excluding carboxylic acids is 1. The zero-order valence-electron chi connectivity index (χ0n) is 18.6. The Morgan fingerprint density at radius 1 is 1.00 bits per heavy atom. The lowest BCUT2D eigenvalue weighted by Gasteiger charge is -2.30. The van der Waals surface area contributed by atoms with E-state index in [1.807, 2.05) is 0 Å². The first-order chi connectivity index (χ1) is 16.4. The van der Waals surface area contributed by atoms with Gasteiger partial charge in [0.15, 0.2) is 11.5 Å². The van der Waals surface area contributed by atoms with Crippen molar-refractivity contribution in [2.75, 3.05) is 19.2 Å². The molecule has 1 aromatic heterocycles. The van der Waals surface area contributed by atoms with Gasteiger partial charge < -0.3 is 13.9 Å². The standard InChI is InChI=1S/C23H24N4O6S/c1-27(17-5-3-2-4-6-17)34(29,30)18-10-7-15(8-11-18)21(28)24-23-26-25-22(33-23)16-9-12-19-20(13-16)32-14-31-19/h7-13,17H,2-6,14H2,1H3,(H,24,26,28). The van der Waals surface area contributed by atoms with Crippen molar-refractivity contribution < 1.29 is 27.1 Å². The van der Waals surface area contributed by atoms with Crippen LogP contribution in [0.3, 0.4) is 0 Å². The Morgan fingerprint density at radius 3 is 2.50 bits per heavy atom. The molecule has 11 heteroatoms. The Bertz CT molecular complexity index is 1300. The van der Waals surface area contributed by atoms with Crippen molar-refractivity contribution in [3.8, 4) is 23.0 Å². The van der Waals surface area contributed by atoms with Crippen LogP contribution in [0.25, 0.3) is 11.5 Å². The smallest absolute Gasteiger partial charge is 0.322 e. The van der Waals surface area contributed by atoms with Gasteiger partial charge >= 0.3 is 6.01 Å². The van der Waals surface area contributed by atoms with Gasteiger partial charge in [0.05, 0.1) is 4.90 Å². The van der Waals surface area contributed by atoms with Crippen molar-refractivity contribution in [1.29, 1.82) is 0 Å². The molecule has 0 radical (unpaired) electrons. The summed E-state index contributed by atoms with van der Waals surface area (Å²) in [6.45, 7) is 0.154. The SMILES string of the molecule is CN(C1CCCCC1)S(=O)(=O)c1ccc(C(=O)Nc2nnc(-c3ccc4c(c3)OCO4)o2)cc1. The second kappa shape index (κ2) is 9.07. The number of anilines is 1. The lowest BCUT2D eigenvalue weighted by atomic mass is 9.96. The van der Waals surface area contributed by atoms with Gasteiger partial charge in [-0.05, 0) is 55.3 Å². The van der Waals surface area contributed by atoms with E-state index in [0.29, 0.717) is 17.1 Å². The van der Waals surface area contributed by atoms with E-state index < -0.39 is 15.9 Å². The maximum atomic E-state index is 13.0. The number of aromatic nitrogens is 2. The van der Waals surface area contributed by atoms with E-state index in [2.05, 4.69) is 15.5 Å². The number of amides is 1. The van der Waals surface area contributed by atoms with Crippen molar-refractivity contribution in [3.05, 3.63) is 48.0 Å². The third kappa shape index (κ3) is 4.36. The van der Waals surface area contributed by atoms with Crippen molar-refractivity contribution in [2.24, 2.45) is 0 Å². The minimum Gasteiger partial charge on any atom is -0.454 e. The molecule has 0 bridgehead atoms. The number of fused-ring (bicyclic) bond motifs is 1. The summed E-state index contributed by atoms with van der Waals surface area (Å²) in [5, 5.41) is 10.4. The highest BCUT2D eigenvalue weighted by molar-refractivity contribution is 7.89. The second-order valence-electron chi connectivity index (χ2n) is 8.27. The van der Waals surface area contributed by atoms with E-state index in [4.69, 9.17) is 13.9 Å². The van der Waals surface area contributed by atoms with Crippen LogP contribution in [0.15, 0.2) is 51.8 Å². The maximum absolute atomic E-state index is 13.0. The summed E-state index contributed by atoms with van der Waals surface area (Å²) >= 11 is 0. The van der Waals surface area contributed by atoms with E-state index >= 15 is 0 Å². The number of nitrogens with zero attached hydrogens (tertiary/aromatic N) is 3. The van der Waals surface area contributed by atoms with Crippen molar-refractivity contribution in [1.82, 2.24) is 14.5 Å². The summed E-state index contributed by atoms with van der Waals surface area (Å²) in [5.41, 5.74) is 0.885. The molecule has 0 unspecified atom stereocenters. The number of carbonyl (C=O) groups is 1. The molecule has 2 heterocycles. The number of benzene rings is 2. The number of hydrogen-bond acceptors (Lipinski definition) is 8. The molecule has 1 N–H and O–H groups in total. The number of rotatable bonds is 6. The van der Waals surface area contributed by atoms with Gasteiger partial charge in [0.1, 0.15) is 0 Å². The Morgan fingerprint density at radius 2 is 1.74 bits per heavy atom. The van der Waals surface area contributed by atoms with Crippen molar-refractivity contribution in [3.63, 3.8) is 0 Å². The Labute approximate surface area is 196 Å². The molecular formula is C23H24N4O6S. The lowest BCUT2D eigenvalue weighted by Crippen LogP contribution is -2.38. The van der Waals surface area contributed by atoms with Crippen LogP contribution < -0.4 is 14.8 Å². The van der Waals surface area contributed by atoms with E-state index in [1.165, 1.54) is 28.6 Å². The molecule has 0 atom stereocenters. The highest BCUT2D eigenvalue weighted by Crippen LogP contribution is 2.35. The van der Waals surface area contributed by atoms with E-state index in [1.54, 1.807) is 25.2 Å². The minimum absolute atomic E-state index is 0.0122. The highest BCUT2D eigenvalue weighted by Gasteiger charge is 2.29. The average Bonchev–Trinajstić information content (AvgIpc) is 3.53. The molecule has 2 aliphatic rings. The number of nitrogens with one attached hydrogen (secondary N) is 1. The fraction of sp³-hybridized carbons (Fsp3) is 0.348. The number of hydrogen-bond donors (Lipinski definition) is 1. The van der Waals surface area contributed by atoms with Crippen molar-refractivity contribution >= 4 is 21.9 Å². The van der Waals surface area contributed by atoms with Gasteiger partial charge in [0, 0.05) is 24.2 Å². The van der Waals surface area contributed by atoms with Crippen LogP contribution >= 0.6 is 0 Å². The van der Waals surface area contributed by atoms with Crippen LogP contribution in [0, 0.1) is 0 Å². The van der Waals surface area contributed by atoms with Gasteiger partial charge in [-0.2, -0.15) is 4.31 Å². The molecule has 2 aromatic carbocycles. The third-order valence-electron chi connectivity index (χ3n) is 6.15. The molecule has 1 aliphatic carbocycles. The van der Waals surface area contributed by atoms with Gasteiger partial charge in [-0.1, -0.05) is 24.4 Å². The first kappa shape index (κ1) is 22.4. The third-order valence-corrected chi connectivity index (χ3v) is 8.07. The summed E-state index contributed by atoms with van der Waals surface area (Å²) in [4.78, 5) is 12.8. The Balaban J connectivity index is 1.26. The van der Waals surface area contributed by atoms with Gasteiger partial charge in [0.2, 0.25) is 22.7 Å². The zero-order chi connectivity index (χ0) is 23.7. The van der Waals surface area contributed by atoms with Gasteiger partial charge in [-0.3, -0.25) is 10.1 Å². The summed E-state index contributed by atoms with van der Waals surface area (Å²) < 4.78 is 43.6. The Kier molecular flexibility index (Phi) is 5.96.